The number of nitrogens with zero attached hydrogens (tertiary/aromatic N) is 2. The van der Waals surface area contributed by atoms with Crippen molar-refractivity contribution in [3.05, 3.63) is 60.2 Å². The van der Waals surface area contributed by atoms with Crippen molar-refractivity contribution in [2.24, 2.45) is 0 Å². The molecule has 1 aromatic heterocycles. The monoisotopic (exact) mass is 714 g/mol. The Hall–Kier alpha value is -3.52. The molecule has 0 bridgehead atoms. The molecule has 48 heavy (non-hydrogen) atoms. The Balaban J connectivity index is 0.00000625. The van der Waals surface area contributed by atoms with Crippen molar-refractivity contribution in [3.63, 3.8) is 0 Å². The average molecular weight is 715 g/mol. The number of carbonyl (C=O) groups is 1. The van der Waals surface area contributed by atoms with Gasteiger partial charge in [0.1, 0.15) is 0 Å². The summed E-state index contributed by atoms with van der Waals surface area (Å²) in [5.41, 5.74) is 5.62. The first-order chi connectivity index (χ1) is 22.7. The van der Waals surface area contributed by atoms with Crippen LogP contribution in [0.4, 0.5) is 17.1 Å². The molecule has 0 saturated heterocycles. The van der Waals surface area contributed by atoms with Gasteiger partial charge in [0.05, 0.1) is 28.5 Å². The van der Waals surface area contributed by atoms with Gasteiger partial charge in [-0.15, -0.1) is 0 Å². The lowest BCUT2D eigenvalue weighted by Crippen LogP contribution is -3.00. The number of hydrogen-bond donors (Lipinski definition) is 3. The Bertz CT molecular complexity index is 1640. The molecule has 3 aromatic carbocycles. The lowest BCUT2D eigenvalue weighted by atomic mass is 9.92. The van der Waals surface area contributed by atoms with Gasteiger partial charge in [0, 0.05) is 82.7 Å². The summed E-state index contributed by atoms with van der Waals surface area (Å²) in [6, 6.07) is 18.3. The SMILES string of the molecule is CCN(CC)c1ccc2c(-c3ccc(NC(=S)NCCC[Si](OC)(OC)OC)cc3C(=O)O)c3ccc(N(CC)CC)cc3[o+]c2c1.[Cl-]. The van der Waals surface area contributed by atoms with Crippen LogP contribution in [0.2, 0.25) is 6.04 Å². The highest BCUT2D eigenvalue weighted by Crippen LogP contribution is 2.41. The summed E-state index contributed by atoms with van der Waals surface area (Å²) < 4.78 is 23.0. The van der Waals surface area contributed by atoms with Gasteiger partial charge in [0.2, 0.25) is 0 Å². The van der Waals surface area contributed by atoms with Crippen LogP contribution in [0.1, 0.15) is 44.5 Å². The molecular formula is C35H47ClN4O6SSi. The van der Waals surface area contributed by atoms with Crippen LogP contribution in [-0.2, 0) is 13.3 Å². The minimum atomic E-state index is -2.67. The summed E-state index contributed by atoms with van der Waals surface area (Å²) >= 11 is 5.52. The molecule has 0 unspecified atom stereocenters. The predicted molar refractivity (Wildman–Crippen MR) is 198 cm³/mol. The summed E-state index contributed by atoms with van der Waals surface area (Å²) in [4.78, 5) is 17.3. The van der Waals surface area contributed by atoms with Crippen molar-refractivity contribution in [1.82, 2.24) is 5.32 Å². The van der Waals surface area contributed by atoms with Crippen molar-refractivity contribution in [3.8, 4) is 11.1 Å². The van der Waals surface area contributed by atoms with Gasteiger partial charge in [0.25, 0.3) is 0 Å². The maximum atomic E-state index is 12.8. The number of halogens is 1. The molecule has 10 nitrogen and oxygen atoms in total. The van der Waals surface area contributed by atoms with Gasteiger partial charge < -0.3 is 51.2 Å². The molecule has 0 atom stereocenters. The largest absolute Gasteiger partial charge is 1.00 e. The second-order valence-electron chi connectivity index (χ2n) is 11.0. The van der Waals surface area contributed by atoms with E-state index in [0.29, 0.717) is 46.5 Å². The first kappa shape index (κ1) is 38.9. The normalized spacial score (nSPS) is 11.3. The highest BCUT2D eigenvalue weighted by Gasteiger charge is 2.36. The van der Waals surface area contributed by atoms with Gasteiger partial charge in [-0.3, -0.25) is 0 Å². The Labute approximate surface area is 296 Å². The summed E-state index contributed by atoms with van der Waals surface area (Å²) in [5, 5.41) is 18.8. The molecule has 0 saturated carbocycles. The Morgan fingerprint density at radius 3 is 1.81 bits per heavy atom. The molecule has 260 valence electrons. The van der Waals surface area contributed by atoms with Crippen molar-refractivity contribution < 1.29 is 40.0 Å². The second-order valence-corrected chi connectivity index (χ2v) is 14.5. The van der Waals surface area contributed by atoms with Crippen LogP contribution in [0.15, 0.2) is 59.0 Å². The highest BCUT2D eigenvalue weighted by molar-refractivity contribution is 7.80. The minimum absolute atomic E-state index is 0. The zero-order valence-electron chi connectivity index (χ0n) is 28.8. The van der Waals surface area contributed by atoms with Gasteiger partial charge in [-0.25, -0.2) is 9.21 Å². The molecule has 0 amide bonds. The molecule has 0 spiro atoms. The van der Waals surface area contributed by atoms with E-state index in [9.17, 15) is 9.90 Å². The Morgan fingerprint density at radius 1 is 0.833 bits per heavy atom. The average Bonchev–Trinajstić information content (AvgIpc) is 3.08. The molecule has 0 radical (unpaired) electrons. The van der Waals surface area contributed by atoms with Crippen LogP contribution in [0.5, 0.6) is 0 Å². The molecular weight excluding hydrogens is 668 g/mol. The van der Waals surface area contributed by atoms with Gasteiger partial charge >= 0.3 is 25.9 Å². The third-order valence-electron chi connectivity index (χ3n) is 8.60. The summed E-state index contributed by atoms with van der Waals surface area (Å²) in [7, 11) is 2.10. The van der Waals surface area contributed by atoms with Crippen molar-refractivity contribution in [1.29, 1.82) is 0 Å². The van der Waals surface area contributed by atoms with E-state index in [-0.39, 0.29) is 18.0 Å². The standard InChI is InChI=1S/C35H46N4O6SSi.ClH/c1-8-38(9-2)25-14-17-28-31(22-25)45-32-23-26(39(10-3)11-4)15-18-29(32)33(28)27-16-13-24(21-30(27)34(40)41)37-35(46)36-19-12-20-47(42-5,43-6)44-7;/h13-18,21-23H,8-12,19-20H2,1-7H3,(H2-,36,37,40,41,46);1H. The van der Waals surface area contributed by atoms with Crippen LogP contribution < -0.4 is 32.8 Å². The lowest BCUT2D eigenvalue weighted by Gasteiger charge is -2.24. The molecule has 1 heterocycles. The number of carboxylic acids is 1. The molecule has 13 heteroatoms. The van der Waals surface area contributed by atoms with Gasteiger partial charge in [-0.1, -0.05) is 6.07 Å². The number of carboxylic acid groups (broad SMARTS) is 1. The van der Waals surface area contributed by atoms with E-state index in [1.807, 2.05) is 36.4 Å². The van der Waals surface area contributed by atoms with E-state index >= 15 is 0 Å². The number of nitrogens with one attached hydrogen (secondary N) is 2. The quantitative estimate of drug-likeness (QED) is 0.0503. The maximum Gasteiger partial charge on any atom is 0.500 e. The molecule has 0 aliphatic rings. The molecule has 0 aliphatic heterocycles. The number of anilines is 3. The Kier molecular flexibility index (Phi) is 14.4. The molecule has 0 aliphatic carbocycles. The molecule has 3 N–H and O–H groups in total. The number of fused-ring (bicyclic) bond motifs is 2. The van der Waals surface area contributed by atoms with Crippen LogP contribution >= 0.6 is 12.2 Å². The fraction of sp³-hybridized carbons (Fsp3) is 0.400. The van der Waals surface area contributed by atoms with E-state index in [1.54, 1.807) is 27.4 Å². The lowest BCUT2D eigenvalue weighted by molar-refractivity contribution is -0.0000297. The predicted octanol–water partition coefficient (Wildman–Crippen LogP) is 4.48. The van der Waals surface area contributed by atoms with Crippen LogP contribution in [-0.4, -0.2) is 79.0 Å². The number of thiocarbonyl (C=S) groups is 1. The van der Waals surface area contributed by atoms with Crippen LogP contribution in [0.25, 0.3) is 33.1 Å². The first-order valence-electron chi connectivity index (χ1n) is 16.1. The molecule has 0 fully saturated rings. The van der Waals surface area contributed by atoms with E-state index in [1.165, 1.54) is 0 Å². The summed E-state index contributed by atoms with van der Waals surface area (Å²) in [6.45, 7) is 12.5. The zero-order chi connectivity index (χ0) is 34.1. The minimum Gasteiger partial charge on any atom is -1.00 e. The van der Waals surface area contributed by atoms with Crippen LogP contribution in [0.3, 0.4) is 0 Å². The van der Waals surface area contributed by atoms with E-state index in [4.69, 9.17) is 29.9 Å². The van der Waals surface area contributed by atoms with Gasteiger partial charge in [-0.05, 0) is 88.3 Å². The molecule has 4 rings (SSSR count). The van der Waals surface area contributed by atoms with Crippen molar-refractivity contribution >= 4 is 71.1 Å². The second kappa shape index (κ2) is 17.8. The van der Waals surface area contributed by atoms with E-state index in [2.05, 4.69) is 60.3 Å². The number of benzene rings is 3. The topological polar surface area (TPSA) is 107 Å². The fourth-order valence-corrected chi connectivity index (χ4v) is 7.93. The van der Waals surface area contributed by atoms with Crippen LogP contribution in [0, 0.1) is 0 Å². The molecule has 4 aromatic rings. The number of hydrogen-bond acceptors (Lipinski definition) is 7. The van der Waals surface area contributed by atoms with Crippen molar-refractivity contribution in [2.75, 3.05) is 69.2 Å². The zero-order valence-corrected chi connectivity index (χ0v) is 31.4. The van der Waals surface area contributed by atoms with Gasteiger partial charge in [-0.2, -0.15) is 0 Å². The maximum absolute atomic E-state index is 12.8. The Morgan fingerprint density at radius 2 is 1.35 bits per heavy atom. The van der Waals surface area contributed by atoms with Gasteiger partial charge in [0.15, 0.2) is 5.11 Å². The fourth-order valence-electron chi connectivity index (χ4n) is 5.98. The third kappa shape index (κ3) is 8.54. The number of aromatic carboxylic acids is 1. The smallest absolute Gasteiger partial charge is 0.500 e. The number of rotatable bonds is 16. The van der Waals surface area contributed by atoms with E-state index in [0.717, 1.165) is 53.9 Å². The summed E-state index contributed by atoms with van der Waals surface area (Å²) in [5.74, 6) is -1.04. The highest BCUT2D eigenvalue weighted by atomic mass is 35.5. The summed E-state index contributed by atoms with van der Waals surface area (Å²) in [6.07, 6.45) is 0.716. The van der Waals surface area contributed by atoms with Crippen molar-refractivity contribution in [2.45, 2.75) is 40.2 Å². The third-order valence-corrected chi connectivity index (χ3v) is 11.7. The first-order valence-corrected chi connectivity index (χ1v) is 18.4. The van der Waals surface area contributed by atoms with E-state index < -0.39 is 14.8 Å².